The van der Waals surface area contributed by atoms with E-state index in [9.17, 15) is 5.11 Å². The molecule has 1 aliphatic heterocycles. The fourth-order valence-corrected chi connectivity index (χ4v) is 3.47. The molecule has 1 saturated carbocycles. The second kappa shape index (κ2) is 6.38. The van der Waals surface area contributed by atoms with E-state index in [1.165, 1.54) is 12.8 Å². The molecule has 0 amide bonds. The van der Waals surface area contributed by atoms with Crippen LogP contribution in [0.5, 0.6) is 0 Å². The third-order valence-electron chi connectivity index (χ3n) is 4.84. The SMILES string of the molecule is CN(C)c1ccc(N2CCN(CC3(O)CCCC3)CC2)nn1. The molecule has 0 aromatic carbocycles. The third kappa shape index (κ3) is 3.50. The monoisotopic (exact) mass is 305 g/mol. The van der Waals surface area contributed by atoms with Crippen molar-refractivity contribution in [3.05, 3.63) is 12.1 Å². The normalized spacial score (nSPS) is 22.0. The Kier molecular flexibility index (Phi) is 4.49. The van der Waals surface area contributed by atoms with Crippen molar-refractivity contribution in [3.63, 3.8) is 0 Å². The third-order valence-corrected chi connectivity index (χ3v) is 4.84. The standard InChI is InChI=1S/C16H27N5O/c1-19(2)14-5-6-15(18-17-14)21-11-9-20(10-12-21)13-16(22)7-3-4-8-16/h5-6,22H,3-4,7-13H2,1-2H3. The maximum absolute atomic E-state index is 10.5. The first kappa shape index (κ1) is 15.5. The van der Waals surface area contributed by atoms with Crippen LogP contribution in [0.1, 0.15) is 25.7 Å². The van der Waals surface area contributed by atoms with E-state index in [1.54, 1.807) is 0 Å². The van der Waals surface area contributed by atoms with Gasteiger partial charge in [-0.1, -0.05) is 12.8 Å². The van der Waals surface area contributed by atoms with Crippen LogP contribution >= 0.6 is 0 Å². The lowest BCUT2D eigenvalue weighted by molar-refractivity contribution is 0.00799. The number of hydrogen-bond acceptors (Lipinski definition) is 6. The van der Waals surface area contributed by atoms with Gasteiger partial charge in [-0.05, 0) is 25.0 Å². The summed E-state index contributed by atoms with van der Waals surface area (Å²) in [5.41, 5.74) is -0.435. The molecule has 6 nitrogen and oxygen atoms in total. The van der Waals surface area contributed by atoms with Crippen molar-refractivity contribution in [3.8, 4) is 0 Å². The van der Waals surface area contributed by atoms with Crippen LogP contribution in [0.2, 0.25) is 0 Å². The summed E-state index contributed by atoms with van der Waals surface area (Å²) < 4.78 is 0. The van der Waals surface area contributed by atoms with Crippen LogP contribution in [0.15, 0.2) is 12.1 Å². The smallest absolute Gasteiger partial charge is 0.151 e. The first-order chi connectivity index (χ1) is 10.6. The Labute approximate surface area is 132 Å². The molecule has 1 aromatic heterocycles. The maximum atomic E-state index is 10.5. The van der Waals surface area contributed by atoms with E-state index < -0.39 is 5.60 Å². The molecule has 6 heteroatoms. The van der Waals surface area contributed by atoms with Crippen molar-refractivity contribution in [1.82, 2.24) is 15.1 Å². The zero-order chi connectivity index (χ0) is 15.6. The molecule has 0 radical (unpaired) electrons. The Balaban J connectivity index is 1.53. The van der Waals surface area contributed by atoms with Gasteiger partial charge in [-0.25, -0.2) is 0 Å². The van der Waals surface area contributed by atoms with E-state index in [2.05, 4.69) is 20.0 Å². The van der Waals surface area contributed by atoms with E-state index >= 15 is 0 Å². The van der Waals surface area contributed by atoms with Gasteiger partial charge in [0.2, 0.25) is 0 Å². The summed E-state index contributed by atoms with van der Waals surface area (Å²) in [6.07, 6.45) is 4.27. The minimum atomic E-state index is -0.435. The van der Waals surface area contributed by atoms with Gasteiger partial charge >= 0.3 is 0 Å². The zero-order valence-electron chi connectivity index (χ0n) is 13.7. The maximum Gasteiger partial charge on any atom is 0.151 e. The minimum absolute atomic E-state index is 0.435. The molecular weight excluding hydrogens is 278 g/mol. The van der Waals surface area contributed by atoms with Crippen molar-refractivity contribution in [2.24, 2.45) is 0 Å². The van der Waals surface area contributed by atoms with E-state index in [4.69, 9.17) is 0 Å². The van der Waals surface area contributed by atoms with Crippen LogP contribution < -0.4 is 9.80 Å². The Hall–Kier alpha value is -1.40. The fourth-order valence-electron chi connectivity index (χ4n) is 3.47. The molecule has 0 atom stereocenters. The summed E-state index contributed by atoms with van der Waals surface area (Å²) in [5.74, 6) is 1.83. The van der Waals surface area contributed by atoms with E-state index in [-0.39, 0.29) is 0 Å². The highest BCUT2D eigenvalue weighted by Crippen LogP contribution is 2.30. The average Bonchev–Trinajstić information content (AvgIpc) is 2.94. The number of anilines is 2. The molecule has 1 saturated heterocycles. The topological polar surface area (TPSA) is 55.7 Å². The second-order valence-corrected chi connectivity index (χ2v) is 6.84. The van der Waals surface area contributed by atoms with Gasteiger partial charge in [0.1, 0.15) is 0 Å². The van der Waals surface area contributed by atoms with E-state index in [0.717, 1.165) is 57.2 Å². The number of nitrogens with zero attached hydrogens (tertiary/aromatic N) is 5. The number of aliphatic hydroxyl groups is 1. The molecular formula is C16H27N5O. The highest BCUT2D eigenvalue weighted by atomic mass is 16.3. The Morgan fingerprint density at radius 3 is 2.32 bits per heavy atom. The predicted molar refractivity (Wildman–Crippen MR) is 88.4 cm³/mol. The largest absolute Gasteiger partial charge is 0.389 e. The Morgan fingerprint density at radius 1 is 1.09 bits per heavy atom. The lowest BCUT2D eigenvalue weighted by Gasteiger charge is -2.38. The molecule has 3 rings (SSSR count). The zero-order valence-corrected chi connectivity index (χ0v) is 13.7. The van der Waals surface area contributed by atoms with Gasteiger partial charge in [-0.2, -0.15) is 0 Å². The lowest BCUT2D eigenvalue weighted by atomic mass is 10.0. The molecule has 122 valence electrons. The van der Waals surface area contributed by atoms with Gasteiger partial charge in [0.25, 0.3) is 0 Å². The molecule has 0 bridgehead atoms. The number of hydrogen-bond donors (Lipinski definition) is 1. The van der Waals surface area contributed by atoms with Crippen molar-refractivity contribution >= 4 is 11.6 Å². The van der Waals surface area contributed by atoms with Gasteiger partial charge < -0.3 is 14.9 Å². The summed E-state index contributed by atoms with van der Waals surface area (Å²) >= 11 is 0. The van der Waals surface area contributed by atoms with Gasteiger partial charge in [0, 0.05) is 46.8 Å². The van der Waals surface area contributed by atoms with Crippen LogP contribution in [0, 0.1) is 0 Å². The molecule has 1 N–H and O–H groups in total. The Morgan fingerprint density at radius 2 is 1.77 bits per heavy atom. The van der Waals surface area contributed by atoms with Crippen LogP contribution in [-0.4, -0.2) is 72.6 Å². The van der Waals surface area contributed by atoms with E-state index in [0.29, 0.717) is 0 Å². The van der Waals surface area contributed by atoms with Gasteiger partial charge in [0.15, 0.2) is 11.6 Å². The molecule has 2 heterocycles. The van der Waals surface area contributed by atoms with Crippen molar-refractivity contribution < 1.29 is 5.11 Å². The highest BCUT2D eigenvalue weighted by Gasteiger charge is 2.34. The van der Waals surface area contributed by atoms with Gasteiger partial charge in [-0.3, -0.25) is 4.90 Å². The molecule has 2 aliphatic rings. The van der Waals surface area contributed by atoms with Crippen molar-refractivity contribution in [1.29, 1.82) is 0 Å². The highest BCUT2D eigenvalue weighted by molar-refractivity contribution is 5.44. The van der Waals surface area contributed by atoms with Crippen LogP contribution in [-0.2, 0) is 0 Å². The van der Waals surface area contributed by atoms with Gasteiger partial charge in [0.05, 0.1) is 5.60 Å². The number of β-amino-alcohol motifs (C(OH)–C–C–N with tert-alkyl or cyclic N) is 1. The summed E-state index contributed by atoms with van der Waals surface area (Å²) in [7, 11) is 3.94. The lowest BCUT2D eigenvalue weighted by Crippen LogP contribution is -2.51. The van der Waals surface area contributed by atoms with Crippen LogP contribution in [0.3, 0.4) is 0 Å². The molecule has 22 heavy (non-hydrogen) atoms. The summed E-state index contributed by atoms with van der Waals surface area (Å²) in [6, 6.07) is 4.05. The molecule has 2 fully saturated rings. The fraction of sp³-hybridized carbons (Fsp3) is 0.750. The second-order valence-electron chi connectivity index (χ2n) is 6.84. The Bertz CT molecular complexity index is 476. The molecule has 0 unspecified atom stereocenters. The average molecular weight is 305 g/mol. The predicted octanol–water partition coefficient (Wildman–Crippen LogP) is 0.970. The summed E-state index contributed by atoms with van der Waals surface area (Å²) in [4.78, 5) is 6.63. The van der Waals surface area contributed by atoms with E-state index in [1.807, 2.05) is 31.1 Å². The molecule has 1 aromatic rings. The van der Waals surface area contributed by atoms with Crippen molar-refractivity contribution in [2.45, 2.75) is 31.3 Å². The quantitative estimate of drug-likeness (QED) is 0.894. The van der Waals surface area contributed by atoms with Crippen LogP contribution in [0.4, 0.5) is 11.6 Å². The number of rotatable bonds is 4. The van der Waals surface area contributed by atoms with Crippen LogP contribution in [0.25, 0.3) is 0 Å². The molecule has 1 aliphatic carbocycles. The number of aromatic nitrogens is 2. The summed E-state index contributed by atoms with van der Waals surface area (Å²) in [6.45, 7) is 4.70. The minimum Gasteiger partial charge on any atom is -0.389 e. The van der Waals surface area contributed by atoms with Crippen molar-refractivity contribution in [2.75, 3.05) is 56.6 Å². The number of piperazine rings is 1. The first-order valence-corrected chi connectivity index (χ1v) is 8.26. The first-order valence-electron chi connectivity index (χ1n) is 8.26. The van der Waals surface area contributed by atoms with Gasteiger partial charge in [-0.15, -0.1) is 10.2 Å². The summed E-state index contributed by atoms with van der Waals surface area (Å²) in [5, 5.41) is 19.1. The molecule has 0 spiro atoms.